The molecule has 7 heteroatoms. The van der Waals surface area contributed by atoms with Gasteiger partial charge in [-0.3, -0.25) is 24.1 Å². The summed E-state index contributed by atoms with van der Waals surface area (Å²) >= 11 is 0. The highest BCUT2D eigenvalue weighted by Gasteiger charge is 2.48. The summed E-state index contributed by atoms with van der Waals surface area (Å²) in [6.45, 7) is -0.241. The molecular formula is C17H24N2O5. The van der Waals surface area contributed by atoms with Gasteiger partial charge in [0.1, 0.15) is 6.54 Å². The lowest BCUT2D eigenvalue weighted by Gasteiger charge is -2.21. The molecule has 2 aliphatic carbocycles. The van der Waals surface area contributed by atoms with Crippen LogP contribution in [0.1, 0.15) is 44.9 Å². The maximum absolute atomic E-state index is 12.4. The molecule has 1 saturated heterocycles. The summed E-state index contributed by atoms with van der Waals surface area (Å²) in [4.78, 5) is 49.9. The van der Waals surface area contributed by atoms with Crippen LogP contribution >= 0.6 is 0 Å². The number of methoxy groups -OCH3 is 1. The maximum Gasteiger partial charge on any atom is 0.310 e. The minimum Gasteiger partial charge on any atom is -0.469 e. The van der Waals surface area contributed by atoms with Gasteiger partial charge in [-0.2, -0.15) is 0 Å². The van der Waals surface area contributed by atoms with E-state index in [9.17, 15) is 19.2 Å². The number of imide groups is 1. The number of amides is 3. The number of esters is 1. The van der Waals surface area contributed by atoms with Gasteiger partial charge in [-0.25, -0.2) is 0 Å². The van der Waals surface area contributed by atoms with Gasteiger partial charge in [0.25, 0.3) is 0 Å². The zero-order chi connectivity index (χ0) is 17.3. The van der Waals surface area contributed by atoms with Crippen LogP contribution in [-0.2, 0) is 23.9 Å². The molecule has 132 valence electrons. The summed E-state index contributed by atoms with van der Waals surface area (Å²) in [5.41, 5.74) is 0. The Labute approximate surface area is 141 Å². The first kappa shape index (κ1) is 16.9. The van der Waals surface area contributed by atoms with Crippen LogP contribution in [0.15, 0.2) is 0 Å². The predicted molar refractivity (Wildman–Crippen MR) is 83.5 cm³/mol. The van der Waals surface area contributed by atoms with Crippen molar-refractivity contribution in [3.05, 3.63) is 0 Å². The Balaban J connectivity index is 1.59. The molecule has 0 spiro atoms. The molecule has 3 amide bonds. The molecule has 3 fully saturated rings. The largest absolute Gasteiger partial charge is 0.469 e. The van der Waals surface area contributed by atoms with Crippen LogP contribution in [0.2, 0.25) is 0 Å². The van der Waals surface area contributed by atoms with Gasteiger partial charge in [0.05, 0.1) is 24.9 Å². The third-order valence-electron chi connectivity index (χ3n) is 5.60. The van der Waals surface area contributed by atoms with Gasteiger partial charge in [0.2, 0.25) is 17.7 Å². The van der Waals surface area contributed by atoms with Gasteiger partial charge in [0.15, 0.2) is 0 Å². The number of hydrogen-bond acceptors (Lipinski definition) is 5. The molecule has 1 heterocycles. The van der Waals surface area contributed by atoms with Crippen LogP contribution in [-0.4, -0.2) is 48.3 Å². The van der Waals surface area contributed by atoms with Crippen molar-refractivity contribution in [2.45, 2.75) is 51.0 Å². The molecule has 0 aromatic heterocycles. The quantitative estimate of drug-likeness (QED) is 0.600. The summed E-state index contributed by atoms with van der Waals surface area (Å²) in [6.07, 6.45) is 5.63. The second-order valence-corrected chi connectivity index (χ2v) is 6.99. The summed E-state index contributed by atoms with van der Waals surface area (Å²) < 4.78 is 4.77. The first-order valence-corrected chi connectivity index (χ1v) is 8.75. The van der Waals surface area contributed by atoms with E-state index in [0.717, 1.165) is 37.0 Å². The fourth-order valence-electron chi connectivity index (χ4n) is 4.35. The number of nitrogens with zero attached hydrogens (tertiary/aromatic N) is 1. The molecule has 3 rings (SSSR count). The van der Waals surface area contributed by atoms with Crippen LogP contribution in [0.4, 0.5) is 0 Å². The molecule has 0 bridgehead atoms. The van der Waals surface area contributed by atoms with Gasteiger partial charge in [0, 0.05) is 6.04 Å². The fourth-order valence-corrected chi connectivity index (χ4v) is 4.35. The van der Waals surface area contributed by atoms with E-state index in [-0.39, 0.29) is 54.0 Å². The number of ether oxygens (including phenoxy) is 1. The Morgan fingerprint density at radius 2 is 1.67 bits per heavy atom. The van der Waals surface area contributed by atoms with Crippen molar-refractivity contribution < 1.29 is 23.9 Å². The lowest BCUT2D eigenvalue weighted by Crippen LogP contribution is -2.46. The fraction of sp³-hybridized carbons (Fsp3) is 0.765. The summed E-state index contributed by atoms with van der Waals surface area (Å²) in [5.74, 6) is -1.95. The van der Waals surface area contributed by atoms with Gasteiger partial charge in [-0.1, -0.05) is 19.3 Å². The highest BCUT2D eigenvalue weighted by atomic mass is 16.5. The number of likely N-dealkylation sites (tertiary alicyclic amines) is 1. The SMILES string of the molecule is COC(=O)[C@@H]1CCC[C@@H]1NC(=O)CN1C(=O)[C@@H]2CCCC[C@H]2C1=O. The first-order valence-electron chi connectivity index (χ1n) is 8.75. The average molecular weight is 336 g/mol. The summed E-state index contributed by atoms with van der Waals surface area (Å²) in [5, 5.41) is 2.81. The third kappa shape index (κ3) is 3.03. The molecular weight excluding hydrogens is 312 g/mol. The van der Waals surface area contributed by atoms with E-state index in [1.54, 1.807) is 0 Å². The normalized spacial score (nSPS) is 32.6. The van der Waals surface area contributed by atoms with E-state index in [1.165, 1.54) is 7.11 Å². The lowest BCUT2D eigenvalue weighted by molar-refractivity contribution is -0.147. The molecule has 0 aromatic carbocycles. The van der Waals surface area contributed by atoms with Gasteiger partial charge in [-0.15, -0.1) is 0 Å². The number of hydrogen-bond donors (Lipinski definition) is 1. The van der Waals surface area contributed by atoms with Crippen LogP contribution in [0.25, 0.3) is 0 Å². The van der Waals surface area contributed by atoms with E-state index >= 15 is 0 Å². The second kappa shape index (κ2) is 6.91. The van der Waals surface area contributed by atoms with E-state index < -0.39 is 0 Å². The highest BCUT2D eigenvalue weighted by molar-refractivity contribution is 6.07. The zero-order valence-electron chi connectivity index (χ0n) is 14.0. The number of nitrogens with one attached hydrogen (secondary N) is 1. The Bertz CT molecular complexity index is 537. The highest BCUT2D eigenvalue weighted by Crippen LogP contribution is 2.37. The number of carbonyl (C=O) groups excluding carboxylic acids is 4. The maximum atomic E-state index is 12.4. The van der Waals surface area contributed by atoms with Crippen LogP contribution in [0.3, 0.4) is 0 Å². The topological polar surface area (TPSA) is 92.8 Å². The molecule has 7 nitrogen and oxygen atoms in total. The molecule has 4 atom stereocenters. The molecule has 3 aliphatic rings. The van der Waals surface area contributed by atoms with E-state index in [1.807, 2.05) is 0 Å². The Morgan fingerprint density at radius 3 is 2.25 bits per heavy atom. The zero-order valence-corrected chi connectivity index (χ0v) is 14.0. The second-order valence-electron chi connectivity index (χ2n) is 6.99. The molecule has 0 aromatic rings. The van der Waals surface area contributed by atoms with Gasteiger partial charge < -0.3 is 10.1 Å². The van der Waals surface area contributed by atoms with E-state index in [0.29, 0.717) is 12.8 Å². The molecule has 24 heavy (non-hydrogen) atoms. The molecule has 1 aliphatic heterocycles. The van der Waals surface area contributed by atoms with Crippen molar-refractivity contribution in [2.75, 3.05) is 13.7 Å². The number of rotatable bonds is 4. The Morgan fingerprint density at radius 1 is 1.04 bits per heavy atom. The molecule has 0 unspecified atom stereocenters. The van der Waals surface area contributed by atoms with Crippen LogP contribution < -0.4 is 5.32 Å². The van der Waals surface area contributed by atoms with Gasteiger partial charge in [-0.05, 0) is 25.7 Å². The minimum absolute atomic E-state index is 0.212. The Hall–Kier alpha value is -1.92. The van der Waals surface area contributed by atoms with Crippen molar-refractivity contribution >= 4 is 23.7 Å². The van der Waals surface area contributed by atoms with Crippen molar-refractivity contribution in [2.24, 2.45) is 17.8 Å². The van der Waals surface area contributed by atoms with Crippen LogP contribution in [0.5, 0.6) is 0 Å². The van der Waals surface area contributed by atoms with Gasteiger partial charge >= 0.3 is 5.97 Å². The van der Waals surface area contributed by atoms with Crippen molar-refractivity contribution in [1.29, 1.82) is 0 Å². The lowest BCUT2D eigenvalue weighted by atomic mass is 9.81. The summed E-state index contributed by atoms with van der Waals surface area (Å²) in [7, 11) is 1.34. The van der Waals surface area contributed by atoms with Crippen molar-refractivity contribution in [3.8, 4) is 0 Å². The predicted octanol–water partition coefficient (Wildman–Crippen LogP) is 0.619. The Kier molecular flexibility index (Phi) is 4.87. The summed E-state index contributed by atoms with van der Waals surface area (Å²) in [6, 6.07) is -0.278. The minimum atomic E-state index is -0.379. The number of carbonyl (C=O) groups is 4. The molecule has 2 saturated carbocycles. The standard InChI is InChI=1S/C17H24N2O5/c1-24-17(23)12-7-4-8-13(12)18-14(20)9-19-15(21)10-5-2-3-6-11(10)16(19)22/h10-13H,2-9H2,1H3,(H,18,20)/t10-,11-,12-,13+/m1/s1. The van der Waals surface area contributed by atoms with Crippen molar-refractivity contribution in [3.63, 3.8) is 0 Å². The van der Waals surface area contributed by atoms with Crippen LogP contribution in [0, 0.1) is 17.8 Å². The monoisotopic (exact) mass is 336 g/mol. The molecule has 1 N–H and O–H groups in total. The smallest absolute Gasteiger partial charge is 0.310 e. The van der Waals surface area contributed by atoms with Crippen molar-refractivity contribution in [1.82, 2.24) is 10.2 Å². The molecule has 0 radical (unpaired) electrons. The van der Waals surface area contributed by atoms with E-state index in [2.05, 4.69) is 5.32 Å². The third-order valence-corrected chi connectivity index (χ3v) is 5.60. The number of fused-ring (bicyclic) bond motifs is 1. The average Bonchev–Trinajstić information content (AvgIpc) is 3.13. The van der Waals surface area contributed by atoms with E-state index in [4.69, 9.17) is 4.74 Å². The first-order chi connectivity index (χ1) is 11.5.